The number of aromatic nitrogens is 8. The molecule has 11 nitrogen and oxygen atoms in total. The zero-order valence-electron chi connectivity index (χ0n) is 26.9. The topological polar surface area (TPSA) is 126 Å². The largest absolute Gasteiger partial charge is 0.361 e. The fraction of sp³-hybridized carbons (Fsp3) is 0.314. The Morgan fingerprint density at radius 1 is 0.870 bits per heavy atom. The number of methoxy groups -OCH3 is 1. The second kappa shape index (κ2) is 12.3. The van der Waals surface area contributed by atoms with Crippen LogP contribution in [0, 0.1) is 5.41 Å². The molecule has 11 heteroatoms. The number of hydrogen-bond acceptors (Lipinski definition) is 7. The molecule has 0 radical (unpaired) electrons. The van der Waals surface area contributed by atoms with Crippen LogP contribution in [0.1, 0.15) is 63.8 Å². The Labute approximate surface area is 266 Å². The summed E-state index contributed by atoms with van der Waals surface area (Å²) in [4.78, 5) is 33.3. The van der Waals surface area contributed by atoms with Crippen LogP contribution in [0.15, 0.2) is 88.5 Å². The summed E-state index contributed by atoms with van der Waals surface area (Å²) >= 11 is 0. The number of benzene rings is 3. The minimum atomic E-state index is -0.772. The lowest BCUT2D eigenvalue weighted by Crippen LogP contribution is -2.43. The van der Waals surface area contributed by atoms with Gasteiger partial charge in [-0.1, -0.05) is 99.6 Å². The summed E-state index contributed by atoms with van der Waals surface area (Å²) in [6, 6.07) is 25.5. The van der Waals surface area contributed by atoms with Crippen LogP contribution in [0.4, 0.5) is 0 Å². The number of aromatic amines is 1. The third kappa shape index (κ3) is 5.81. The Balaban J connectivity index is 1.52. The number of fused-ring (bicyclic) bond motifs is 1. The van der Waals surface area contributed by atoms with Crippen molar-refractivity contribution in [3.8, 4) is 22.5 Å². The normalized spacial score (nSPS) is 13.3. The minimum absolute atomic E-state index is 0.128. The first kappa shape index (κ1) is 30.8. The Kier molecular flexibility index (Phi) is 8.26. The van der Waals surface area contributed by atoms with Crippen molar-refractivity contribution in [1.82, 2.24) is 39.3 Å². The number of nitrogens with zero attached hydrogens (tertiary/aromatic N) is 7. The molecule has 46 heavy (non-hydrogen) atoms. The van der Waals surface area contributed by atoms with E-state index in [9.17, 15) is 9.59 Å². The average molecular weight is 619 g/mol. The molecule has 3 heterocycles. The third-order valence-corrected chi connectivity index (χ3v) is 8.27. The summed E-state index contributed by atoms with van der Waals surface area (Å²) in [5.74, 6) is 1.26. The highest BCUT2D eigenvalue weighted by atomic mass is 16.5. The molecule has 6 aromatic rings. The Hall–Kier alpha value is -5.16. The lowest BCUT2D eigenvalue weighted by molar-refractivity contribution is 0.0528. The summed E-state index contributed by atoms with van der Waals surface area (Å²) < 4.78 is 10.3. The van der Waals surface area contributed by atoms with Crippen molar-refractivity contribution in [2.45, 2.75) is 59.9 Å². The summed E-state index contributed by atoms with van der Waals surface area (Å²) in [7, 11) is 1.49. The van der Waals surface area contributed by atoms with E-state index in [0.29, 0.717) is 30.0 Å². The zero-order chi connectivity index (χ0) is 32.6. The maximum atomic E-state index is 14.2. The Morgan fingerprint density at radius 2 is 1.54 bits per heavy atom. The third-order valence-electron chi connectivity index (χ3n) is 8.27. The lowest BCUT2D eigenvalue weighted by Gasteiger charge is -2.21. The van der Waals surface area contributed by atoms with Gasteiger partial charge in [0.25, 0.3) is 5.56 Å². The molecule has 0 amide bonds. The van der Waals surface area contributed by atoms with Crippen molar-refractivity contribution < 1.29 is 4.74 Å². The number of ether oxygens (including phenoxy) is 1. The number of hydrogen-bond donors (Lipinski definition) is 1. The highest BCUT2D eigenvalue weighted by Crippen LogP contribution is 2.31. The van der Waals surface area contributed by atoms with Crippen LogP contribution in [0.5, 0.6) is 0 Å². The predicted molar refractivity (Wildman–Crippen MR) is 178 cm³/mol. The van der Waals surface area contributed by atoms with Crippen molar-refractivity contribution in [3.05, 3.63) is 117 Å². The van der Waals surface area contributed by atoms with Crippen LogP contribution in [0.2, 0.25) is 0 Å². The van der Waals surface area contributed by atoms with Gasteiger partial charge in [-0.15, -0.1) is 10.2 Å². The molecule has 0 aliphatic carbocycles. The monoisotopic (exact) mass is 618 g/mol. The molecule has 1 N–H and O–H groups in total. The van der Waals surface area contributed by atoms with E-state index in [-0.39, 0.29) is 11.5 Å². The van der Waals surface area contributed by atoms with E-state index in [1.54, 1.807) is 11.5 Å². The van der Waals surface area contributed by atoms with Gasteiger partial charge >= 0.3 is 5.69 Å². The molecule has 236 valence electrons. The zero-order valence-corrected chi connectivity index (χ0v) is 26.9. The molecule has 2 unspecified atom stereocenters. The first-order valence-corrected chi connectivity index (χ1v) is 15.3. The van der Waals surface area contributed by atoms with Gasteiger partial charge in [0.2, 0.25) is 5.82 Å². The second-order valence-electron chi connectivity index (χ2n) is 12.8. The van der Waals surface area contributed by atoms with Crippen LogP contribution in [-0.4, -0.2) is 46.4 Å². The summed E-state index contributed by atoms with van der Waals surface area (Å²) in [5, 5.41) is 14.6. The minimum Gasteiger partial charge on any atom is -0.361 e. The van der Waals surface area contributed by atoms with Gasteiger partial charge in [-0.3, -0.25) is 9.36 Å². The molecule has 2 atom stereocenters. The molecule has 0 aliphatic heterocycles. The van der Waals surface area contributed by atoms with E-state index in [1.165, 1.54) is 11.7 Å². The molecule has 0 fully saturated rings. The molecule has 0 saturated carbocycles. The number of H-pyrrole nitrogens is 1. The number of tetrazole rings is 1. The fourth-order valence-electron chi connectivity index (χ4n) is 5.89. The number of imidazole rings is 1. The van der Waals surface area contributed by atoms with Crippen LogP contribution in [-0.2, 0) is 17.7 Å². The fourth-order valence-corrected chi connectivity index (χ4v) is 5.89. The van der Waals surface area contributed by atoms with Crippen LogP contribution in [0.25, 0.3) is 33.7 Å². The number of nitrogens with one attached hydrogen (secondary N) is 1. The van der Waals surface area contributed by atoms with E-state index >= 15 is 0 Å². The first-order valence-electron chi connectivity index (χ1n) is 15.3. The van der Waals surface area contributed by atoms with Gasteiger partial charge in [0.15, 0.2) is 11.2 Å². The van der Waals surface area contributed by atoms with Gasteiger partial charge in [-0.25, -0.2) is 14.3 Å². The molecule has 0 saturated heterocycles. The Bertz CT molecular complexity index is 2090. The number of rotatable bonds is 9. The van der Waals surface area contributed by atoms with Crippen molar-refractivity contribution in [3.63, 3.8) is 0 Å². The van der Waals surface area contributed by atoms with Gasteiger partial charge in [-0.2, -0.15) is 5.21 Å². The highest BCUT2D eigenvalue weighted by Gasteiger charge is 2.28. The van der Waals surface area contributed by atoms with E-state index in [1.807, 2.05) is 78.2 Å². The molecular weight excluding hydrogens is 580 g/mol. The summed E-state index contributed by atoms with van der Waals surface area (Å²) in [6.45, 7) is 10.5. The van der Waals surface area contributed by atoms with Gasteiger partial charge in [0.05, 0.1) is 6.04 Å². The van der Waals surface area contributed by atoms with Crippen molar-refractivity contribution >= 4 is 11.2 Å². The summed E-state index contributed by atoms with van der Waals surface area (Å²) in [6.07, 6.45) is -0.169. The first-order chi connectivity index (χ1) is 22.1. The maximum absolute atomic E-state index is 14.2. The van der Waals surface area contributed by atoms with Gasteiger partial charge in [0, 0.05) is 25.6 Å². The quantitative estimate of drug-likeness (QED) is 0.223. The molecule has 3 aromatic carbocycles. The van der Waals surface area contributed by atoms with Gasteiger partial charge < -0.3 is 9.30 Å². The Morgan fingerprint density at radius 3 is 2.17 bits per heavy atom. The van der Waals surface area contributed by atoms with Crippen molar-refractivity contribution in [1.29, 1.82) is 0 Å². The highest BCUT2D eigenvalue weighted by molar-refractivity contribution is 5.80. The van der Waals surface area contributed by atoms with Gasteiger partial charge in [-0.05, 0) is 46.7 Å². The average Bonchev–Trinajstić information content (AvgIpc) is 3.70. The van der Waals surface area contributed by atoms with Crippen molar-refractivity contribution in [2.24, 2.45) is 5.41 Å². The van der Waals surface area contributed by atoms with E-state index in [2.05, 4.69) is 53.5 Å². The molecule has 0 bridgehead atoms. The van der Waals surface area contributed by atoms with Crippen LogP contribution < -0.4 is 11.2 Å². The molecule has 0 spiro atoms. The SMILES string of the molecule is COC(C)n1c(=O)c2c(nc(CC(C)(C)C)n2Cc2ccc(-c3ccccc3-c3nn[nH]n3)cc2)n(C(C)c2ccccc2)c1=O. The molecule has 3 aromatic heterocycles. The maximum Gasteiger partial charge on any atom is 0.335 e. The van der Waals surface area contributed by atoms with Gasteiger partial charge in [0.1, 0.15) is 12.1 Å². The standard InChI is InChI=1S/C35H38N8O3/c1-22(25-12-8-7-9-13-25)42-32-30(33(44)43(34(42)45)23(2)46-6)41(29(36-32)20-35(3,4)5)21-24-16-18-26(19-17-24)27-14-10-11-15-28(27)31-37-39-40-38-31/h7-19,22-23H,20-21H2,1-6H3,(H,37,38,39,40). The second-order valence-corrected chi connectivity index (χ2v) is 12.8. The van der Waals surface area contributed by atoms with E-state index < -0.39 is 17.5 Å². The molecule has 6 rings (SSSR count). The predicted octanol–water partition coefficient (Wildman–Crippen LogP) is 5.62. The van der Waals surface area contributed by atoms with E-state index in [4.69, 9.17) is 9.72 Å². The van der Waals surface area contributed by atoms with Crippen LogP contribution in [0.3, 0.4) is 0 Å². The van der Waals surface area contributed by atoms with E-state index in [0.717, 1.165) is 33.6 Å². The molecular formula is C35H38N8O3. The molecule has 0 aliphatic rings. The summed E-state index contributed by atoms with van der Waals surface area (Å²) in [5.41, 5.74) is 4.49. The smallest absolute Gasteiger partial charge is 0.335 e. The van der Waals surface area contributed by atoms with Crippen LogP contribution >= 0.6 is 0 Å². The lowest BCUT2D eigenvalue weighted by atomic mass is 9.92. The van der Waals surface area contributed by atoms with Crippen molar-refractivity contribution in [2.75, 3.05) is 7.11 Å².